The van der Waals surface area contributed by atoms with Crippen LogP contribution in [0.2, 0.25) is 0 Å². The number of unbranched alkanes of at least 4 members (excludes halogenated alkanes) is 5. The molecule has 1 fully saturated rings. The summed E-state index contributed by atoms with van der Waals surface area (Å²) in [6.07, 6.45) is 12.2. The smallest absolute Gasteiger partial charge is 0.303 e. The maximum absolute atomic E-state index is 12.2. The second kappa shape index (κ2) is 12.2. The molecule has 0 heterocycles. The molecule has 3 atom stereocenters. The Balaban J connectivity index is 2.38. The quantitative estimate of drug-likeness (QED) is 0.365. The number of carbonyl (C=O) groups is 2. The van der Waals surface area contributed by atoms with E-state index in [0.717, 1.165) is 38.5 Å². The van der Waals surface area contributed by atoms with Crippen LogP contribution in [0.25, 0.3) is 0 Å². The number of aliphatic carboxylic acids is 1. The molecule has 4 heteroatoms. The molecule has 2 N–H and O–H groups in total. The van der Waals surface area contributed by atoms with Gasteiger partial charge in [-0.15, -0.1) is 0 Å². The fourth-order valence-corrected chi connectivity index (χ4v) is 3.80. The van der Waals surface area contributed by atoms with Gasteiger partial charge >= 0.3 is 5.97 Å². The Bertz CT molecular complexity index is 441. The number of aliphatic hydroxyl groups excluding tert-OH is 1. The lowest BCUT2D eigenvalue weighted by molar-refractivity contribution is -0.137. The van der Waals surface area contributed by atoms with Gasteiger partial charge in [-0.05, 0) is 44.9 Å². The van der Waals surface area contributed by atoms with Crippen molar-refractivity contribution >= 4 is 11.8 Å². The number of hydrogen-bond donors (Lipinski definition) is 2. The van der Waals surface area contributed by atoms with Crippen molar-refractivity contribution in [2.24, 2.45) is 11.8 Å². The molecule has 1 saturated carbocycles. The van der Waals surface area contributed by atoms with Crippen LogP contribution in [0.15, 0.2) is 11.6 Å². The molecule has 0 amide bonds. The molecule has 0 aromatic carbocycles. The summed E-state index contributed by atoms with van der Waals surface area (Å²) in [6, 6.07) is 0. The van der Waals surface area contributed by atoms with Crippen LogP contribution >= 0.6 is 0 Å². The normalized spacial score (nSPS) is 24.0. The minimum Gasteiger partial charge on any atom is -0.481 e. The third-order valence-corrected chi connectivity index (χ3v) is 5.40. The second-order valence-corrected chi connectivity index (χ2v) is 7.60. The van der Waals surface area contributed by atoms with Gasteiger partial charge in [0.2, 0.25) is 0 Å². The van der Waals surface area contributed by atoms with Crippen molar-refractivity contribution < 1.29 is 19.8 Å². The number of Topliss-reactive ketones (excluding diaryl/α,β-unsaturated/α-hetero) is 1. The molecule has 0 aliphatic heterocycles. The lowest BCUT2D eigenvalue weighted by atomic mass is 9.86. The second-order valence-electron chi connectivity index (χ2n) is 7.60. The van der Waals surface area contributed by atoms with Crippen LogP contribution in [-0.2, 0) is 9.59 Å². The zero-order chi connectivity index (χ0) is 18.7. The monoisotopic (exact) mass is 352 g/mol. The highest BCUT2D eigenvalue weighted by Gasteiger charge is 2.40. The van der Waals surface area contributed by atoms with E-state index in [1.165, 1.54) is 24.8 Å². The van der Waals surface area contributed by atoms with Gasteiger partial charge in [0.1, 0.15) is 5.78 Å². The number of carbonyl (C=O) groups excluding carboxylic acids is 1. The van der Waals surface area contributed by atoms with Gasteiger partial charge in [-0.2, -0.15) is 0 Å². The van der Waals surface area contributed by atoms with Crippen molar-refractivity contribution in [1.29, 1.82) is 0 Å². The van der Waals surface area contributed by atoms with E-state index in [4.69, 9.17) is 5.11 Å². The summed E-state index contributed by atoms with van der Waals surface area (Å²) in [7, 11) is 0. The van der Waals surface area contributed by atoms with Gasteiger partial charge in [0, 0.05) is 18.8 Å². The number of rotatable bonds is 13. The summed E-state index contributed by atoms with van der Waals surface area (Å²) in [5.41, 5.74) is 1.37. The van der Waals surface area contributed by atoms with E-state index in [1.54, 1.807) is 0 Å². The Labute approximate surface area is 152 Å². The molecule has 4 nitrogen and oxygen atoms in total. The number of ketones is 1. The lowest BCUT2D eigenvalue weighted by Gasteiger charge is -2.20. The van der Waals surface area contributed by atoms with Crippen molar-refractivity contribution in [2.75, 3.05) is 0 Å². The zero-order valence-corrected chi connectivity index (χ0v) is 16.0. The first-order valence-corrected chi connectivity index (χ1v) is 10.0. The van der Waals surface area contributed by atoms with Crippen LogP contribution in [-0.4, -0.2) is 28.1 Å². The Hall–Kier alpha value is -1.16. The van der Waals surface area contributed by atoms with Gasteiger partial charge in [-0.3, -0.25) is 9.59 Å². The predicted octanol–water partition coefficient (Wildman–Crippen LogP) is 4.89. The standard InChI is InChI=1S/C21H36O4/c1-3-4-7-10-16(2)13-14-18-17(19(22)15-20(18)23)11-8-5-6-9-12-21(24)25/h13,17-18,20,23H,3-12,14-15H2,1-2H3,(H,24,25)/t17-,18-,20-/m1/s1. The maximum Gasteiger partial charge on any atom is 0.303 e. The van der Waals surface area contributed by atoms with Crippen molar-refractivity contribution in [3.8, 4) is 0 Å². The lowest BCUT2D eigenvalue weighted by Crippen LogP contribution is -2.20. The molecule has 1 rings (SSSR count). The molecule has 0 spiro atoms. The number of carboxylic acid groups (broad SMARTS) is 1. The summed E-state index contributed by atoms with van der Waals surface area (Å²) in [5.74, 6) is -0.489. The van der Waals surface area contributed by atoms with Crippen LogP contribution in [0.5, 0.6) is 0 Å². The molecule has 25 heavy (non-hydrogen) atoms. The first-order chi connectivity index (χ1) is 12.0. The largest absolute Gasteiger partial charge is 0.481 e. The molecule has 0 aromatic heterocycles. The molecule has 1 aliphatic rings. The van der Waals surface area contributed by atoms with E-state index in [0.29, 0.717) is 12.8 Å². The van der Waals surface area contributed by atoms with E-state index < -0.39 is 12.1 Å². The predicted molar refractivity (Wildman–Crippen MR) is 100 cm³/mol. The Morgan fingerprint density at radius 2 is 1.80 bits per heavy atom. The zero-order valence-electron chi connectivity index (χ0n) is 16.0. The number of aliphatic hydroxyl groups is 1. The Morgan fingerprint density at radius 3 is 2.48 bits per heavy atom. The molecular formula is C21H36O4. The minimum absolute atomic E-state index is 0.0193. The van der Waals surface area contributed by atoms with Gasteiger partial charge < -0.3 is 10.2 Å². The van der Waals surface area contributed by atoms with E-state index in [9.17, 15) is 14.7 Å². The topological polar surface area (TPSA) is 74.6 Å². The summed E-state index contributed by atoms with van der Waals surface area (Å²) >= 11 is 0. The molecule has 0 saturated heterocycles. The van der Waals surface area contributed by atoms with Gasteiger partial charge in [-0.1, -0.05) is 50.7 Å². The highest BCUT2D eigenvalue weighted by Crippen LogP contribution is 2.36. The van der Waals surface area contributed by atoms with E-state index in [1.807, 2.05) is 0 Å². The Kier molecular flexibility index (Phi) is 10.7. The van der Waals surface area contributed by atoms with Gasteiger partial charge in [0.05, 0.1) is 6.10 Å². The average molecular weight is 353 g/mol. The average Bonchev–Trinajstić information content (AvgIpc) is 2.82. The van der Waals surface area contributed by atoms with Crippen LogP contribution in [0.1, 0.15) is 90.9 Å². The van der Waals surface area contributed by atoms with Crippen molar-refractivity contribution in [3.63, 3.8) is 0 Å². The summed E-state index contributed by atoms with van der Waals surface area (Å²) in [6.45, 7) is 4.35. The van der Waals surface area contributed by atoms with Crippen molar-refractivity contribution in [3.05, 3.63) is 11.6 Å². The number of hydrogen-bond acceptors (Lipinski definition) is 3. The fourth-order valence-electron chi connectivity index (χ4n) is 3.80. The molecule has 0 unspecified atom stereocenters. The molecule has 0 bridgehead atoms. The van der Waals surface area contributed by atoms with Crippen LogP contribution in [0.3, 0.4) is 0 Å². The van der Waals surface area contributed by atoms with Gasteiger partial charge in [0.15, 0.2) is 0 Å². The molecule has 0 aromatic rings. The van der Waals surface area contributed by atoms with Gasteiger partial charge in [0.25, 0.3) is 0 Å². The van der Waals surface area contributed by atoms with Crippen LogP contribution < -0.4 is 0 Å². The third kappa shape index (κ3) is 8.66. The molecular weight excluding hydrogens is 316 g/mol. The van der Waals surface area contributed by atoms with Gasteiger partial charge in [-0.25, -0.2) is 0 Å². The summed E-state index contributed by atoms with van der Waals surface area (Å²) < 4.78 is 0. The van der Waals surface area contributed by atoms with Crippen molar-refractivity contribution in [1.82, 2.24) is 0 Å². The van der Waals surface area contributed by atoms with Crippen molar-refractivity contribution in [2.45, 2.75) is 97.0 Å². The Morgan fingerprint density at radius 1 is 1.12 bits per heavy atom. The summed E-state index contributed by atoms with van der Waals surface area (Å²) in [5, 5.41) is 18.9. The first kappa shape index (κ1) is 21.9. The maximum atomic E-state index is 12.2. The van der Waals surface area contributed by atoms with E-state index >= 15 is 0 Å². The van der Waals surface area contributed by atoms with E-state index in [-0.39, 0.29) is 24.0 Å². The number of carboxylic acids is 1. The molecule has 0 radical (unpaired) electrons. The van der Waals surface area contributed by atoms with E-state index in [2.05, 4.69) is 19.9 Å². The SMILES string of the molecule is CCCCCC(C)=CC[C@H]1[C@H](O)CC(=O)[C@@H]1CCCCCCC(=O)O. The van der Waals surface area contributed by atoms with Crippen LogP contribution in [0, 0.1) is 11.8 Å². The molecule has 1 aliphatic carbocycles. The fraction of sp³-hybridized carbons (Fsp3) is 0.810. The number of allylic oxidation sites excluding steroid dienone is 2. The van der Waals surface area contributed by atoms with Crippen LogP contribution in [0.4, 0.5) is 0 Å². The molecule has 144 valence electrons. The highest BCUT2D eigenvalue weighted by atomic mass is 16.4. The summed E-state index contributed by atoms with van der Waals surface area (Å²) in [4.78, 5) is 22.7. The first-order valence-electron chi connectivity index (χ1n) is 10.0. The highest BCUT2D eigenvalue weighted by molar-refractivity contribution is 5.84. The minimum atomic E-state index is -0.741. The third-order valence-electron chi connectivity index (χ3n) is 5.40.